The molecule has 0 aliphatic heterocycles. The van der Waals surface area contributed by atoms with Crippen molar-refractivity contribution in [1.29, 1.82) is 0 Å². The van der Waals surface area contributed by atoms with Crippen molar-refractivity contribution >= 4 is 0 Å². The van der Waals surface area contributed by atoms with E-state index in [9.17, 15) is 0 Å². The summed E-state index contributed by atoms with van der Waals surface area (Å²) in [6.07, 6.45) is 8.22. The van der Waals surface area contributed by atoms with Gasteiger partial charge in [-0.1, -0.05) is 73.5 Å². The quantitative estimate of drug-likeness (QED) is 0.555. The van der Waals surface area contributed by atoms with Crippen LogP contribution in [0, 0.1) is 25.7 Å². The van der Waals surface area contributed by atoms with Crippen molar-refractivity contribution in [3.05, 3.63) is 70.8 Å². The monoisotopic (exact) mass is 346 g/mol. The van der Waals surface area contributed by atoms with Gasteiger partial charge in [-0.3, -0.25) is 0 Å². The lowest BCUT2D eigenvalue weighted by molar-refractivity contribution is 0.0621. The summed E-state index contributed by atoms with van der Waals surface area (Å²) < 4.78 is 0. The van der Waals surface area contributed by atoms with Crippen molar-refractivity contribution in [3.63, 3.8) is 0 Å². The molecule has 2 saturated carbocycles. The van der Waals surface area contributed by atoms with Gasteiger partial charge in [-0.15, -0.1) is 0 Å². The average Bonchev–Trinajstić information content (AvgIpc) is 2.61. The summed E-state index contributed by atoms with van der Waals surface area (Å²) in [7, 11) is 0. The molecule has 2 fully saturated rings. The van der Waals surface area contributed by atoms with Gasteiger partial charge in [-0.2, -0.15) is 0 Å². The van der Waals surface area contributed by atoms with E-state index in [2.05, 4.69) is 76.2 Å². The molecule has 2 aromatic carbocycles. The van der Waals surface area contributed by atoms with Crippen molar-refractivity contribution < 1.29 is 0 Å². The van der Waals surface area contributed by atoms with Gasteiger partial charge in [0.15, 0.2) is 0 Å². The van der Waals surface area contributed by atoms with E-state index in [1.165, 1.54) is 49.7 Å². The lowest BCUT2D eigenvalue weighted by Crippen LogP contribution is -2.45. The average molecular weight is 347 g/mol. The first-order chi connectivity index (χ1) is 12.4. The fourth-order valence-corrected chi connectivity index (χ4v) is 6.32. The Morgan fingerprint density at radius 3 is 1.65 bits per heavy atom. The van der Waals surface area contributed by atoms with E-state index >= 15 is 0 Å². The molecule has 0 amide bonds. The number of benzene rings is 2. The largest absolute Gasteiger partial charge is 0.0645 e. The van der Waals surface area contributed by atoms with E-state index in [0.29, 0.717) is 10.8 Å². The molecule has 0 spiro atoms. The summed E-state index contributed by atoms with van der Waals surface area (Å²) in [6.45, 7) is 9.34. The van der Waals surface area contributed by atoms with Gasteiger partial charge in [0.2, 0.25) is 0 Å². The fourth-order valence-electron chi connectivity index (χ4n) is 6.32. The Morgan fingerprint density at radius 1 is 0.731 bits per heavy atom. The van der Waals surface area contributed by atoms with Crippen LogP contribution in [-0.4, -0.2) is 0 Å². The lowest BCUT2D eigenvalue weighted by Gasteiger charge is -2.53. The Morgan fingerprint density at radius 2 is 1.19 bits per heavy atom. The van der Waals surface area contributed by atoms with Crippen LogP contribution in [0.2, 0.25) is 0 Å². The number of hydrogen-bond donors (Lipinski definition) is 0. The number of fused-ring (bicyclic) bond motifs is 2. The summed E-state index contributed by atoms with van der Waals surface area (Å²) in [6, 6.07) is 18.8. The van der Waals surface area contributed by atoms with Crippen LogP contribution in [0.25, 0.3) is 0 Å². The van der Waals surface area contributed by atoms with Gasteiger partial charge in [0.05, 0.1) is 0 Å². The van der Waals surface area contributed by atoms with Gasteiger partial charge in [-0.05, 0) is 86.2 Å². The van der Waals surface area contributed by atoms with E-state index in [0.717, 1.165) is 11.8 Å². The first-order valence-electron chi connectivity index (χ1n) is 10.6. The van der Waals surface area contributed by atoms with Gasteiger partial charge in [0.1, 0.15) is 0 Å². The Balaban J connectivity index is 1.61. The maximum atomic E-state index is 2.53. The first-order valence-corrected chi connectivity index (χ1v) is 10.6. The molecule has 2 atom stereocenters. The summed E-state index contributed by atoms with van der Waals surface area (Å²) >= 11 is 0. The van der Waals surface area contributed by atoms with Gasteiger partial charge in [0.25, 0.3) is 0 Å². The molecule has 0 radical (unpaired) electrons. The van der Waals surface area contributed by atoms with Crippen LogP contribution < -0.4 is 0 Å². The van der Waals surface area contributed by atoms with Crippen LogP contribution in [0.15, 0.2) is 48.5 Å². The summed E-state index contributed by atoms with van der Waals surface area (Å²) in [5.74, 6) is 1.74. The number of rotatable bonds is 3. The normalized spacial score (nSPS) is 33.8. The molecule has 2 aromatic rings. The van der Waals surface area contributed by atoms with Crippen molar-refractivity contribution in [3.8, 4) is 0 Å². The van der Waals surface area contributed by atoms with E-state index in [-0.39, 0.29) is 0 Å². The molecule has 0 saturated heterocycles. The van der Waals surface area contributed by atoms with Crippen molar-refractivity contribution in [1.82, 2.24) is 0 Å². The molecule has 0 N–H and O–H groups in total. The zero-order chi connectivity index (χ0) is 18.4. The van der Waals surface area contributed by atoms with Crippen LogP contribution in [0.3, 0.4) is 0 Å². The predicted octanol–water partition coefficient (Wildman–Crippen LogP) is 7.12. The number of hydrogen-bond acceptors (Lipinski definition) is 0. The molecule has 2 bridgehead atoms. The van der Waals surface area contributed by atoms with Crippen molar-refractivity contribution in [2.45, 2.75) is 77.0 Å². The molecule has 4 rings (SSSR count). The highest BCUT2D eigenvalue weighted by Crippen LogP contribution is 2.56. The maximum absolute atomic E-state index is 2.53. The third kappa shape index (κ3) is 3.13. The molecular formula is C26H34. The zero-order valence-corrected chi connectivity index (χ0v) is 17.0. The van der Waals surface area contributed by atoms with Crippen molar-refractivity contribution in [2.24, 2.45) is 11.8 Å². The van der Waals surface area contributed by atoms with E-state index < -0.39 is 0 Å². The Bertz CT molecular complexity index is 736. The van der Waals surface area contributed by atoms with Gasteiger partial charge >= 0.3 is 0 Å². The maximum Gasteiger partial charge on any atom is -0.00443 e. The predicted molar refractivity (Wildman–Crippen MR) is 112 cm³/mol. The summed E-state index contributed by atoms with van der Waals surface area (Å²) in [4.78, 5) is 0. The smallest absolute Gasteiger partial charge is 0.00443 e. The third-order valence-electron chi connectivity index (χ3n) is 7.59. The molecule has 0 nitrogen and oxygen atoms in total. The summed E-state index contributed by atoms with van der Waals surface area (Å²) in [5, 5.41) is 0. The highest BCUT2D eigenvalue weighted by atomic mass is 14.5. The van der Waals surface area contributed by atoms with Crippen LogP contribution in [0.5, 0.6) is 0 Å². The zero-order valence-electron chi connectivity index (χ0n) is 17.0. The van der Waals surface area contributed by atoms with Crippen LogP contribution >= 0.6 is 0 Å². The minimum atomic E-state index is 0.370. The first kappa shape index (κ1) is 17.8. The molecule has 0 heterocycles. The molecule has 2 unspecified atom stereocenters. The standard InChI is InChI=1S/C26H34/c1-5-26(24-12-8-20(3)9-13-24)17-21-14-22(18-26)16-25(4,15-21)23-10-6-19(2)7-11-23/h6-13,21-22H,5,14-18H2,1-4H3. The Kier molecular flexibility index (Phi) is 4.49. The van der Waals surface area contributed by atoms with Gasteiger partial charge in [-0.25, -0.2) is 0 Å². The highest BCUT2D eigenvalue weighted by molar-refractivity contribution is 5.32. The minimum absolute atomic E-state index is 0.370. The van der Waals surface area contributed by atoms with Crippen LogP contribution in [0.1, 0.15) is 74.6 Å². The fraction of sp³-hybridized carbons (Fsp3) is 0.538. The van der Waals surface area contributed by atoms with Crippen LogP contribution in [-0.2, 0) is 10.8 Å². The van der Waals surface area contributed by atoms with E-state index in [1.54, 1.807) is 11.1 Å². The number of aryl methyl sites for hydroxylation is 2. The summed E-state index contributed by atoms with van der Waals surface area (Å²) in [5.41, 5.74) is 6.70. The molecule has 0 heteroatoms. The SMILES string of the molecule is CCC1(c2ccc(C)cc2)CC2CC(CC(C)(c3ccc(C)cc3)C2)C1. The Hall–Kier alpha value is -1.56. The second-order valence-corrected chi connectivity index (χ2v) is 9.71. The molecule has 2 aliphatic rings. The molecule has 0 aromatic heterocycles. The second kappa shape index (κ2) is 6.55. The molecular weight excluding hydrogens is 312 g/mol. The third-order valence-corrected chi connectivity index (χ3v) is 7.59. The van der Waals surface area contributed by atoms with E-state index in [1.807, 2.05) is 0 Å². The lowest BCUT2D eigenvalue weighted by atomic mass is 9.52. The van der Waals surface area contributed by atoms with Gasteiger partial charge in [0, 0.05) is 0 Å². The van der Waals surface area contributed by atoms with Crippen molar-refractivity contribution in [2.75, 3.05) is 0 Å². The molecule has 2 aliphatic carbocycles. The Labute approximate surface area is 160 Å². The molecule has 138 valence electrons. The molecule has 26 heavy (non-hydrogen) atoms. The second-order valence-electron chi connectivity index (χ2n) is 9.71. The van der Waals surface area contributed by atoms with E-state index in [4.69, 9.17) is 0 Å². The minimum Gasteiger partial charge on any atom is -0.0645 e. The topological polar surface area (TPSA) is 0 Å². The van der Waals surface area contributed by atoms with Gasteiger partial charge < -0.3 is 0 Å². The highest BCUT2D eigenvalue weighted by Gasteiger charge is 2.48. The van der Waals surface area contributed by atoms with Crippen LogP contribution in [0.4, 0.5) is 0 Å².